The number of hydrogen-bond donors (Lipinski definition) is 0. The van der Waals surface area contributed by atoms with Gasteiger partial charge in [-0.25, -0.2) is 0 Å². The molecule has 156 valence electrons. The molecule has 0 unspecified atom stereocenters. The van der Waals surface area contributed by atoms with E-state index in [0.29, 0.717) is 28.6 Å². The number of halogens is 7. The molecule has 2 aromatic carbocycles. The molecule has 0 saturated carbocycles. The van der Waals surface area contributed by atoms with E-state index in [4.69, 9.17) is 0 Å². The van der Waals surface area contributed by atoms with Gasteiger partial charge in [0.1, 0.15) is 7.85 Å². The molecule has 0 aliphatic rings. The van der Waals surface area contributed by atoms with E-state index in [1.54, 1.807) is 30.3 Å². The lowest BCUT2D eigenvalue weighted by atomic mass is 9.94. The van der Waals surface area contributed by atoms with Crippen molar-refractivity contribution in [1.29, 1.82) is 0 Å². The SMILES string of the molecule is Bc1ccc2c(c1)c1cc(Br)ccc1n2C(=C/CC(F)(F)F)/C=C(\C=C)C(F)(F)F. The van der Waals surface area contributed by atoms with Crippen LogP contribution in [0.4, 0.5) is 26.3 Å². The summed E-state index contributed by atoms with van der Waals surface area (Å²) in [6, 6.07) is 10.4. The Labute approximate surface area is 177 Å². The highest BCUT2D eigenvalue weighted by Crippen LogP contribution is 2.36. The van der Waals surface area contributed by atoms with Crippen molar-refractivity contribution in [3.8, 4) is 0 Å². The van der Waals surface area contributed by atoms with Crippen LogP contribution in [0.1, 0.15) is 6.42 Å². The Morgan fingerprint density at radius 1 is 1.00 bits per heavy atom. The summed E-state index contributed by atoms with van der Waals surface area (Å²) in [4.78, 5) is 0. The minimum atomic E-state index is -4.75. The van der Waals surface area contributed by atoms with E-state index < -0.39 is 24.3 Å². The van der Waals surface area contributed by atoms with Crippen LogP contribution >= 0.6 is 15.9 Å². The summed E-state index contributed by atoms with van der Waals surface area (Å²) < 4.78 is 80.9. The fraction of sp³-hybridized carbons (Fsp3) is 0.143. The topological polar surface area (TPSA) is 4.93 Å². The first kappa shape index (κ1) is 22.3. The number of nitrogens with zero attached hydrogens (tertiary/aromatic N) is 1. The van der Waals surface area contributed by atoms with Crippen molar-refractivity contribution in [2.75, 3.05) is 0 Å². The van der Waals surface area contributed by atoms with Crippen molar-refractivity contribution in [1.82, 2.24) is 4.57 Å². The molecule has 1 aromatic heterocycles. The number of fused-ring (bicyclic) bond motifs is 3. The predicted octanol–water partition coefficient (Wildman–Crippen LogP) is 6.28. The van der Waals surface area contributed by atoms with E-state index in [-0.39, 0.29) is 5.70 Å². The van der Waals surface area contributed by atoms with E-state index in [2.05, 4.69) is 22.5 Å². The average Bonchev–Trinajstić information content (AvgIpc) is 2.93. The second kappa shape index (κ2) is 8.02. The number of rotatable bonds is 4. The van der Waals surface area contributed by atoms with Crippen LogP contribution in [-0.4, -0.2) is 24.8 Å². The fourth-order valence-corrected chi connectivity index (χ4v) is 3.60. The zero-order chi connectivity index (χ0) is 22.3. The summed E-state index contributed by atoms with van der Waals surface area (Å²) in [6.45, 7) is 3.17. The maximum Gasteiger partial charge on any atom is 0.416 e. The van der Waals surface area contributed by atoms with Gasteiger partial charge in [0, 0.05) is 20.9 Å². The molecule has 0 aliphatic carbocycles. The molecule has 0 amide bonds. The van der Waals surface area contributed by atoms with Gasteiger partial charge in [0.25, 0.3) is 0 Å². The van der Waals surface area contributed by atoms with Crippen LogP contribution in [0.5, 0.6) is 0 Å². The Bertz CT molecular complexity index is 1120. The van der Waals surface area contributed by atoms with Crippen LogP contribution in [0, 0.1) is 0 Å². The highest BCUT2D eigenvalue weighted by atomic mass is 79.9. The lowest BCUT2D eigenvalue weighted by molar-refractivity contribution is -0.124. The number of alkyl halides is 6. The van der Waals surface area contributed by atoms with Gasteiger partial charge in [-0.3, -0.25) is 0 Å². The van der Waals surface area contributed by atoms with E-state index in [0.717, 1.165) is 21.4 Å². The smallest absolute Gasteiger partial charge is 0.310 e. The van der Waals surface area contributed by atoms with E-state index in [1.807, 2.05) is 13.9 Å². The van der Waals surface area contributed by atoms with Gasteiger partial charge in [-0.2, -0.15) is 26.3 Å². The fourth-order valence-electron chi connectivity index (χ4n) is 3.24. The van der Waals surface area contributed by atoms with Gasteiger partial charge in [-0.15, -0.1) is 0 Å². The lowest BCUT2D eigenvalue weighted by Crippen LogP contribution is -2.11. The van der Waals surface area contributed by atoms with Crippen molar-refractivity contribution < 1.29 is 26.3 Å². The minimum absolute atomic E-state index is 0.231. The molecule has 3 aromatic rings. The molecule has 30 heavy (non-hydrogen) atoms. The monoisotopic (exact) mass is 485 g/mol. The maximum absolute atomic E-state index is 13.3. The minimum Gasteiger partial charge on any atom is -0.310 e. The van der Waals surface area contributed by atoms with Crippen molar-refractivity contribution in [2.45, 2.75) is 18.8 Å². The Hall–Kier alpha value is -2.42. The van der Waals surface area contributed by atoms with E-state index in [1.165, 1.54) is 4.57 Å². The van der Waals surface area contributed by atoms with E-state index in [9.17, 15) is 26.3 Å². The maximum atomic E-state index is 13.3. The molecule has 1 heterocycles. The summed E-state index contributed by atoms with van der Waals surface area (Å²) >= 11 is 3.37. The third kappa shape index (κ3) is 4.66. The molecule has 0 bridgehead atoms. The molecule has 3 rings (SSSR count). The number of benzene rings is 2. The van der Waals surface area contributed by atoms with Crippen molar-refractivity contribution >= 4 is 56.7 Å². The van der Waals surface area contributed by atoms with Crippen LogP contribution in [0.25, 0.3) is 27.5 Å². The van der Waals surface area contributed by atoms with Gasteiger partial charge >= 0.3 is 12.4 Å². The van der Waals surface area contributed by atoms with Gasteiger partial charge in [-0.1, -0.05) is 52.3 Å². The molecule has 0 atom stereocenters. The first-order valence-electron chi connectivity index (χ1n) is 8.79. The van der Waals surface area contributed by atoms with Crippen molar-refractivity contribution in [2.24, 2.45) is 0 Å². The van der Waals surface area contributed by atoms with Crippen LogP contribution in [0.2, 0.25) is 0 Å². The molecule has 9 heteroatoms. The van der Waals surface area contributed by atoms with Crippen molar-refractivity contribution in [3.63, 3.8) is 0 Å². The largest absolute Gasteiger partial charge is 0.416 e. The highest BCUT2D eigenvalue weighted by molar-refractivity contribution is 9.10. The zero-order valence-electron chi connectivity index (χ0n) is 15.7. The standard InChI is InChI=1S/C21H15BBrF6N/c1-2-12(21(27,28)29)9-15(7-8-20(24,25)26)30-18-5-3-13(22)10-16(18)17-11-14(23)4-6-19(17)30/h2-7,9-11H,1,8,22H2/b12-9+,15-7+. The zero-order valence-corrected chi connectivity index (χ0v) is 17.3. The Balaban J connectivity index is 2.40. The summed E-state index contributed by atoms with van der Waals surface area (Å²) in [7, 11) is 1.86. The normalized spacial score (nSPS) is 14.0. The van der Waals surface area contributed by atoms with E-state index >= 15 is 0 Å². The van der Waals surface area contributed by atoms with Gasteiger partial charge < -0.3 is 4.57 Å². The lowest BCUT2D eigenvalue weighted by Gasteiger charge is -2.14. The molecular weight excluding hydrogens is 471 g/mol. The second-order valence-corrected chi connectivity index (χ2v) is 7.68. The average molecular weight is 486 g/mol. The highest BCUT2D eigenvalue weighted by Gasteiger charge is 2.32. The van der Waals surface area contributed by atoms with Gasteiger partial charge in [0.2, 0.25) is 0 Å². The Morgan fingerprint density at radius 3 is 2.17 bits per heavy atom. The van der Waals surface area contributed by atoms with Gasteiger partial charge in [0.05, 0.1) is 23.0 Å². The molecule has 0 saturated heterocycles. The summed E-state index contributed by atoms with van der Waals surface area (Å²) in [5.41, 5.74) is 0.554. The molecule has 0 aliphatic heterocycles. The van der Waals surface area contributed by atoms with Crippen LogP contribution in [0.15, 0.2) is 71.3 Å². The second-order valence-electron chi connectivity index (χ2n) is 6.77. The molecule has 0 spiro atoms. The third-order valence-corrected chi connectivity index (χ3v) is 5.03. The summed E-state index contributed by atoms with van der Waals surface area (Å²) in [5.74, 6) is 0. The number of allylic oxidation sites excluding steroid dienone is 5. The molecule has 0 fully saturated rings. The first-order valence-corrected chi connectivity index (χ1v) is 9.59. The van der Waals surface area contributed by atoms with Gasteiger partial charge in [-0.05, 0) is 30.3 Å². The number of hydrogen-bond acceptors (Lipinski definition) is 0. The molecule has 0 radical (unpaired) electrons. The Kier molecular flexibility index (Phi) is 5.95. The Morgan fingerprint density at radius 2 is 1.60 bits per heavy atom. The molecule has 0 N–H and O–H groups in total. The predicted molar refractivity (Wildman–Crippen MR) is 115 cm³/mol. The third-order valence-electron chi connectivity index (χ3n) is 4.53. The molecular formula is C21H15BBrF6N. The molecule has 1 nitrogen and oxygen atoms in total. The quantitative estimate of drug-likeness (QED) is 0.233. The summed E-state index contributed by atoms with van der Waals surface area (Å²) in [6.07, 6.45) is -8.64. The van der Waals surface area contributed by atoms with Crippen LogP contribution in [0.3, 0.4) is 0 Å². The van der Waals surface area contributed by atoms with Gasteiger partial charge in [0.15, 0.2) is 0 Å². The van der Waals surface area contributed by atoms with Crippen LogP contribution in [-0.2, 0) is 0 Å². The summed E-state index contributed by atoms with van der Waals surface area (Å²) in [5, 5.41) is 1.44. The number of aromatic nitrogens is 1. The first-order chi connectivity index (χ1) is 13.9. The van der Waals surface area contributed by atoms with Crippen molar-refractivity contribution in [3.05, 3.63) is 71.3 Å². The van der Waals surface area contributed by atoms with Crippen LogP contribution < -0.4 is 5.46 Å².